The molecule has 1 saturated heterocycles. The largest absolute Gasteiger partial charge is 0.471 e. The van der Waals surface area contributed by atoms with Gasteiger partial charge in [0.1, 0.15) is 5.82 Å². The van der Waals surface area contributed by atoms with E-state index >= 15 is 0 Å². The van der Waals surface area contributed by atoms with Gasteiger partial charge in [0.05, 0.1) is 6.04 Å². The van der Waals surface area contributed by atoms with Crippen molar-refractivity contribution >= 4 is 17.6 Å². The van der Waals surface area contributed by atoms with Crippen LogP contribution in [0, 0.1) is 5.82 Å². The quantitative estimate of drug-likeness (QED) is 0.732. The summed E-state index contributed by atoms with van der Waals surface area (Å²) < 4.78 is 51.7. The summed E-state index contributed by atoms with van der Waals surface area (Å²) in [7, 11) is 1.45. The smallest absolute Gasteiger partial charge is 0.354 e. The maximum absolute atomic E-state index is 13.2. The van der Waals surface area contributed by atoms with E-state index in [0.717, 1.165) is 0 Å². The molecule has 2 N–H and O–H groups in total. The van der Waals surface area contributed by atoms with Crippen LogP contribution in [0.25, 0.3) is 0 Å². The average molecular weight is 425 g/mol. The van der Waals surface area contributed by atoms with Gasteiger partial charge in [0.2, 0.25) is 0 Å². The summed E-state index contributed by atoms with van der Waals surface area (Å²) in [5.74, 6) is -2.99. The third-order valence-electron chi connectivity index (χ3n) is 4.92. The fourth-order valence-electron chi connectivity index (χ4n) is 3.41. The van der Waals surface area contributed by atoms with Gasteiger partial charge in [-0.3, -0.25) is 9.59 Å². The standard InChI is InChI=1S/C19H19F4N5O2/c1-24-17(29)14-6-7-16(27-26-14)28-9-8-13(11-2-4-12(20)5-3-11)15(10-28)25-18(30)19(21,22)23/h2-7,13,15H,8-10H2,1H3,(H,24,29)(H,25,30). The van der Waals surface area contributed by atoms with Gasteiger partial charge >= 0.3 is 12.1 Å². The van der Waals surface area contributed by atoms with Crippen molar-refractivity contribution in [1.29, 1.82) is 0 Å². The fourth-order valence-corrected chi connectivity index (χ4v) is 3.41. The number of carbonyl (C=O) groups excluding carboxylic acids is 2. The molecule has 0 spiro atoms. The number of hydrogen-bond acceptors (Lipinski definition) is 5. The lowest BCUT2D eigenvalue weighted by molar-refractivity contribution is -0.174. The van der Waals surface area contributed by atoms with E-state index in [1.807, 2.05) is 5.32 Å². The molecule has 0 bridgehead atoms. The summed E-state index contributed by atoms with van der Waals surface area (Å²) in [6.07, 6.45) is -4.63. The minimum absolute atomic E-state index is 0.0395. The number of aromatic nitrogens is 2. The van der Waals surface area contributed by atoms with Crippen molar-refractivity contribution in [2.24, 2.45) is 0 Å². The number of anilines is 1. The van der Waals surface area contributed by atoms with Gasteiger partial charge in [-0.2, -0.15) is 13.2 Å². The lowest BCUT2D eigenvalue weighted by Crippen LogP contribution is -2.54. The Bertz CT molecular complexity index is 903. The van der Waals surface area contributed by atoms with Gasteiger partial charge < -0.3 is 15.5 Å². The second-order valence-electron chi connectivity index (χ2n) is 6.83. The van der Waals surface area contributed by atoms with Crippen molar-refractivity contribution < 1.29 is 27.2 Å². The summed E-state index contributed by atoms with van der Waals surface area (Å²) in [4.78, 5) is 24.8. The van der Waals surface area contributed by atoms with Gasteiger partial charge in [-0.1, -0.05) is 12.1 Å². The number of halogens is 4. The van der Waals surface area contributed by atoms with E-state index in [4.69, 9.17) is 0 Å². The summed E-state index contributed by atoms with van der Waals surface area (Å²) in [6, 6.07) is 7.56. The lowest BCUT2D eigenvalue weighted by atomic mass is 9.85. The fraction of sp³-hybridized carbons (Fsp3) is 0.368. The molecular weight excluding hydrogens is 406 g/mol. The molecule has 2 unspecified atom stereocenters. The van der Waals surface area contributed by atoms with E-state index < -0.39 is 35.8 Å². The second kappa shape index (κ2) is 8.64. The molecule has 1 aliphatic rings. The van der Waals surface area contributed by atoms with Crippen LogP contribution in [0.3, 0.4) is 0 Å². The maximum atomic E-state index is 13.2. The van der Waals surface area contributed by atoms with E-state index in [9.17, 15) is 27.2 Å². The van der Waals surface area contributed by atoms with Crippen LogP contribution in [0.1, 0.15) is 28.4 Å². The first kappa shape index (κ1) is 21.5. The zero-order chi connectivity index (χ0) is 21.9. The third kappa shape index (κ3) is 4.84. The predicted octanol–water partition coefficient (Wildman–Crippen LogP) is 2.02. The topological polar surface area (TPSA) is 87.2 Å². The molecule has 0 radical (unpaired) electrons. The van der Waals surface area contributed by atoms with Crippen molar-refractivity contribution in [3.63, 3.8) is 0 Å². The van der Waals surface area contributed by atoms with E-state index in [-0.39, 0.29) is 12.2 Å². The number of rotatable bonds is 4. The van der Waals surface area contributed by atoms with Gasteiger partial charge in [-0.15, -0.1) is 10.2 Å². The lowest BCUT2D eigenvalue weighted by Gasteiger charge is -2.39. The molecule has 30 heavy (non-hydrogen) atoms. The van der Waals surface area contributed by atoms with Crippen LogP contribution in [-0.4, -0.2) is 54.4 Å². The van der Waals surface area contributed by atoms with Crippen LogP contribution >= 0.6 is 0 Å². The number of carbonyl (C=O) groups is 2. The average Bonchev–Trinajstić information content (AvgIpc) is 2.73. The molecule has 2 atom stereocenters. The molecule has 1 aliphatic heterocycles. The molecule has 2 amide bonds. The van der Waals surface area contributed by atoms with Crippen molar-refractivity contribution in [1.82, 2.24) is 20.8 Å². The van der Waals surface area contributed by atoms with Gasteiger partial charge in [-0.05, 0) is 36.2 Å². The number of nitrogens with one attached hydrogen (secondary N) is 2. The minimum atomic E-state index is -5.02. The Morgan fingerprint density at radius 2 is 1.80 bits per heavy atom. The minimum Gasteiger partial charge on any atom is -0.354 e. The van der Waals surface area contributed by atoms with Crippen molar-refractivity contribution in [3.05, 3.63) is 53.5 Å². The number of amides is 2. The molecule has 0 saturated carbocycles. The molecule has 0 aliphatic carbocycles. The normalized spacial score (nSPS) is 19.3. The highest BCUT2D eigenvalue weighted by Gasteiger charge is 2.42. The molecule has 2 aromatic rings. The van der Waals surface area contributed by atoms with Crippen LogP contribution in [-0.2, 0) is 4.79 Å². The molecule has 160 valence electrons. The molecule has 1 aromatic heterocycles. The summed E-state index contributed by atoms with van der Waals surface area (Å²) >= 11 is 0. The highest BCUT2D eigenvalue weighted by molar-refractivity contribution is 5.91. The van der Waals surface area contributed by atoms with E-state index in [1.54, 1.807) is 11.0 Å². The maximum Gasteiger partial charge on any atom is 0.471 e. The predicted molar refractivity (Wildman–Crippen MR) is 99.4 cm³/mol. The third-order valence-corrected chi connectivity index (χ3v) is 4.92. The number of hydrogen-bond donors (Lipinski definition) is 2. The van der Waals surface area contributed by atoms with Crippen LogP contribution in [0.4, 0.5) is 23.4 Å². The Morgan fingerprint density at radius 1 is 1.10 bits per heavy atom. The van der Waals surface area contributed by atoms with Gasteiger partial charge in [0.15, 0.2) is 11.5 Å². The van der Waals surface area contributed by atoms with E-state index in [2.05, 4.69) is 15.5 Å². The number of nitrogens with zero attached hydrogens (tertiary/aromatic N) is 3. The van der Waals surface area contributed by atoms with Crippen molar-refractivity contribution in [3.8, 4) is 0 Å². The molecule has 11 heteroatoms. The Balaban J connectivity index is 1.82. The summed E-state index contributed by atoms with van der Waals surface area (Å²) in [5.41, 5.74) is 0.731. The zero-order valence-corrected chi connectivity index (χ0v) is 15.9. The van der Waals surface area contributed by atoms with Gasteiger partial charge in [0, 0.05) is 26.1 Å². The zero-order valence-electron chi connectivity index (χ0n) is 15.9. The Morgan fingerprint density at radius 3 is 2.37 bits per heavy atom. The second-order valence-corrected chi connectivity index (χ2v) is 6.83. The van der Waals surface area contributed by atoms with Crippen LogP contribution < -0.4 is 15.5 Å². The first-order valence-electron chi connectivity index (χ1n) is 9.13. The number of alkyl halides is 3. The van der Waals surface area contributed by atoms with Crippen LogP contribution in [0.5, 0.6) is 0 Å². The van der Waals surface area contributed by atoms with Crippen LogP contribution in [0.15, 0.2) is 36.4 Å². The Labute approximate surface area is 169 Å². The number of benzene rings is 1. The highest BCUT2D eigenvalue weighted by Crippen LogP contribution is 2.31. The molecule has 3 rings (SSSR count). The first-order chi connectivity index (χ1) is 14.2. The van der Waals surface area contributed by atoms with E-state index in [0.29, 0.717) is 24.3 Å². The first-order valence-corrected chi connectivity index (χ1v) is 9.13. The monoisotopic (exact) mass is 425 g/mol. The summed E-state index contributed by atoms with van der Waals surface area (Å²) in [5, 5.41) is 12.3. The van der Waals surface area contributed by atoms with Crippen LogP contribution in [0.2, 0.25) is 0 Å². The highest BCUT2D eigenvalue weighted by atomic mass is 19.4. The van der Waals surface area contributed by atoms with Crippen molar-refractivity contribution in [2.75, 3.05) is 25.0 Å². The van der Waals surface area contributed by atoms with Crippen molar-refractivity contribution in [2.45, 2.75) is 24.6 Å². The number of piperidine rings is 1. The molecule has 7 nitrogen and oxygen atoms in total. The van der Waals surface area contributed by atoms with E-state index in [1.165, 1.54) is 37.4 Å². The van der Waals surface area contributed by atoms with Gasteiger partial charge in [-0.25, -0.2) is 4.39 Å². The molecule has 1 aromatic carbocycles. The SMILES string of the molecule is CNC(=O)c1ccc(N2CCC(c3ccc(F)cc3)C(NC(=O)C(F)(F)F)C2)nn1. The molecule has 1 fully saturated rings. The molecule has 2 heterocycles. The van der Waals surface area contributed by atoms with Gasteiger partial charge in [0.25, 0.3) is 5.91 Å². The summed E-state index contributed by atoms with van der Waals surface area (Å²) in [6.45, 7) is 0.465. The Hall–Kier alpha value is -3.24. The Kier molecular flexibility index (Phi) is 6.18. The molecular formula is C19H19F4N5O2.